The van der Waals surface area contributed by atoms with Gasteiger partial charge in [-0.3, -0.25) is 4.79 Å². The van der Waals surface area contributed by atoms with Crippen LogP contribution in [0.1, 0.15) is 39.2 Å². The Labute approximate surface area is 151 Å². The molecule has 0 spiro atoms. The molecule has 0 bridgehead atoms. The van der Waals surface area contributed by atoms with Gasteiger partial charge in [-0.05, 0) is 29.9 Å². The molecule has 1 aromatic heterocycles. The molecule has 1 aromatic rings. The zero-order valence-electron chi connectivity index (χ0n) is 14.0. The molecule has 5 nitrogen and oxygen atoms in total. The normalized spacial score (nSPS) is 15.4. The Bertz CT molecular complexity index is 482. The number of pyridine rings is 1. The Balaban J connectivity index is 0.00000242. The first-order valence-corrected chi connectivity index (χ1v) is 7.61. The molecule has 132 valence electrons. The van der Waals surface area contributed by atoms with E-state index in [0.717, 1.165) is 24.5 Å². The summed E-state index contributed by atoms with van der Waals surface area (Å²) in [5.74, 6) is 0.903. The predicted octanol–water partition coefficient (Wildman–Crippen LogP) is 2.52. The molecule has 0 saturated carbocycles. The number of nitrogens with zero attached hydrogens (tertiary/aromatic N) is 2. The fourth-order valence-electron chi connectivity index (χ4n) is 2.35. The number of carbonyl (C=O) groups excluding carboxylic acids is 1. The third-order valence-corrected chi connectivity index (χ3v) is 3.92. The topological polar surface area (TPSA) is 71.2 Å². The number of carbonyl (C=O) groups is 1. The minimum atomic E-state index is -0.505. The lowest BCUT2D eigenvalue weighted by Crippen LogP contribution is -2.48. The molecule has 0 aliphatic carbocycles. The molecule has 2 heterocycles. The van der Waals surface area contributed by atoms with Crippen molar-refractivity contribution in [2.45, 2.75) is 46.2 Å². The summed E-state index contributed by atoms with van der Waals surface area (Å²) >= 11 is 0. The average molecular weight is 363 g/mol. The highest BCUT2D eigenvalue weighted by Crippen LogP contribution is 2.18. The van der Waals surface area contributed by atoms with Crippen molar-refractivity contribution in [2.24, 2.45) is 11.1 Å². The molecule has 1 aliphatic rings. The molecule has 1 aliphatic heterocycles. The van der Waals surface area contributed by atoms with Crippen LogP contribution in [0.4, 0.5) is 5.82 Å². The molecule has 23 heavy (non-hydrogen) atoms. The maximum atomic E-state index is 12.0. The smallest absolute Gasteiger partial charge is 0.237 e. The molecular weight excluding hydrogens is 335 g/mol. The Hall–Kier alpha value is -1.04. The largest absolute Gasteiger partial charge is 0.357 e. The van der Waals surface area contributed by atoms with Crippen molar-refractivity contribution < 1.29 is 4.79 Å². The van der Waals surface area contributed by atoms with Crippen molar-refractivity contribution >= 4 is 36.5 Å². The number of halogens is 2. The second-order valence-electron chi connectivity index (χ2n) is 6.78. The molecule has 0 aromatic carbocycles. The monoisotopic (exact) mass is 362 g/mol. The van der Waals surface area contributed by atoms with Crippen LogP contribution >= 0.6 is 24.8 Å². The fourth-order valence-corrected chi connectivity index (χ4v) is 2.35. The molecule has 1 amide bonds. The van der Waals surface area contributed by atoms with Crippen molar-refractivity contribution in [3.63, 3.8) is 0 Å². The summed E-state index contributed by atoms with van der Waals surface area (Å²) in [4.78, 5) is 18.7. The van der Waals surface area contributed by atoms with E-state index in [1.54, 1.807) is 0 Å². The van der Waals surface area contributed by atoms with Gasteiger partial charge < -0.3 is 16.0 Å². The predicted molar refractivity (Wildman–Crippen MR) is 99.5 cm³/mol. The van der Waals surface area contributed by atoms with Gasteiger partial charge in [0.2, 0.25) is 5.91 Å². The van der Waals surface area contributed by atoms with E-state index in [-0.39, 0.29) is 36.1 Å². The Kier molecular flexibility index (Phi) is 8.88. The summed E-state index contributed by atoms with van der Waals surface area (Å²) in [6, 6.07) is 3.54. The summed E-state index contributed by atoms with van der Waals surface area (Å²) < 4.78 is 0. The standard InChI is InChI=1S/C16H26N4O.2ClH/c1-16(2,3)14(17)15(21)19-11-12-6-7-13(18-10-12)20-8-4-5-9-20;;/h6-7,10,14H,4-5,8-9,11,17H2,1-3H3,(H,19,21);2*1H/t14-;;/m1../s1. The number of amides is 1. The summed E-state index contributed by atoms with van der Waals surface area (Å²) in [6.07, 6.45) is 4.31. The highest BCUT2D eigenvalue weighted by atomic mass is 35.5. The average Bonchev–Trinajstić information content (AvgIpc) is 2.97. The lowest BCUT2D eigenvalue weighted by molar-refractivity contribution is -0.124. The van der Waals surface area contributed by atoms with Crippen LogP contribution in [0.25, 0.3) is 0 Å². The van der Waals surface area contributed by atoms with E-state index in [9.17, 15) is 4.79 Å². The number of hydrogen-bond donors (Lipinski definition) is 2. The second kappa shape index (κ2) is 9.30. The van der Waals surface area contributed by atoms with Gasteiger partial charge in [0.25, 0.3) is 0 Å². The SMILES string of the molecule is CC(C)(C)[C@H](N)C(=O)NCc1ccc(N2CCCC2)nc1.Cl.Cl. The van der Waals surface area contributed by atoms with Gasteiger partial charge in [0.05, 0.1) is 6.04 Å². The first-order chi connectivity index (χ1) is 9.88. The van der Waals surface area contributed by atoms with Gasteiger partial charge in [0, 0.05) is 25.8 Å². The number of rotatable bonds is 4. The molecule has 0 unspecified atom stereocenters. The quantitative estimate of drug-likeness (QED) is 0.862. The van der Waals surface area contributed by atoms with Crippen LogP contribution in [-0.2, 0) is 11.3 Å². The van der Waals surface area contributed by atoms with Crippen molar-refractivity contribution in [1.29, 1.82) is 0 Å². The summed E-state index contributed by atoms with van der Waals surface area (Å²) in [7, 11) is 0. The van der Waals surface area contributed by atoms with E-state index < -0.39 is 6.04 Å². The van der Waals surface area contributed by atoms with Gasteiger partial charge in [0.1, 0.15) is 5.82 Å². The molecular formula is C16H28Cl2N4O. The minimum Gasteiger partial charge on any atom is -0.357 e. The van der Waals surface area contributed by atoms with Gasteiger partial charge in [-0.15, -0.1) is 24.8 Å². The van der Waals surface area contributed by atoms with Gasteiger partial charge in [0.15, 0.2) is 0 Å². The van der Waals surface area contributed by atoms with Crippen LogP contribution in [0, 0.1) is 5.41 Å². The number of aromatic nitrogens is 1. The highest BCUT2D eigenvalue weighted by Gasteiger charge is 2.27. The van der Waals surface area contributed by atoms with Crippen LogP contribution in [-0.4, -0.2) is 30.0 Å². The molecule has 7 heteroatoms. The zero-order valence-corrected chi connectivity index (χ0v) is 15.7. The lowest BCUT2D eigenvalue weighted by Gasteiger charge is -2.25. The van der Waals surface area contributed by atoms with Gasteiger partial charge in [-0.2, -0.15) is 0 Å². The Morgan fingerprint density at radius 1 is 1.30 bits per heavy atom. The van der Waals surface area contributed by atoms with Crippen molar-refractivity contribution in [2.75, 3.05) is 18.0 Å². The van der Waals surface area contributed by atoms with E-state index in [0.29, 0.717) is 6.54 Å². The van der Waals surface area contributed by atoms with Gasteiger partial charge in [-0.25, -0.2) is 4.98 Å². The molecule has 1 fully saturated rings. The number of hydrogen-bond acceptors (Lipinski definition) is 4. The first kappa shape index (κ1) is 22.0. The minimum absolute atomic E-state index is 0. The van der Waals surface area contributed by atoms with Crippen LogP contribution in [0.2, 0.25) is 0 Å². The molecule has 1 saturated heterocycles. The van der Waals surface area contributed by atoms with Crippen LogP contribution < -0.4 is 16.0 Å². The Morgan fingerprint density at radius 3 is 2.39 bits per heavy atom. The maximum Gasteiger partial charge on any atom is 0.237 e. The molecule has 0 radical (unpaired) electrons. The van der Waals surface area contributed by atoms with E-state index in [1.807, 2.05) is 39.1 Å². The van der Waals surface area contributed by atoms with Gasteiger partial charge in [-0.1, -0.05) is 26.8 Å². The molecule has 1 atom stereocenters. The summed E-state index contributed by atoms with van der Waals surface area (Å²) in [6.45, 7) is 8.53. The van der Waals surface area contributed by atoms with Crippen LogP contribution in [0.15, 0.2) is 18.3 Å². The van der Waals surface area contributed by atoms with E-state index in [2.05, 4.69) is 15.2 Å². The van der Waals surface area contributed by atoms with Crippen molar-refractivity contribution in [1.82, 2.24) is 10.3 Å². The fraction of sp³-hybridized carbons (Fsp3) is 0.625. The van der Waals surface area contributed by atoms with Crippen molar-refractivity contribution in [3.8, 4) is 0 Å². The van der Waals surface area contributed by atoms with Crippen molar-refractivity contribution in [3.05, 3.63) is 23.9 Å². The second-order valence-corrected chi connectivity index (χ2v) is 6.78. The van der Waals surface area contributed by atoms with E-state index in [1.165, 1.54) is 12.8 Å². The van der Waals surface area contributed by atoms with Crippen LogP contribution in [0.5, 0.6) is 0 Å². The third-order valence-electron chi connectivity index (χ3n) is 3.92. The summed E-state index contributed by atoms with van der Waals surface area (Å²) in [5.41, 5.74) is 6.69. The van der Waals surface area contributed by atoms with Gasteiger partial charge >= 0.3 is 0 Å². The maximum absolute atomic E-state index is 12.0. The molecule has 2 rings (SSSR count). The highest BCUT2D eigenvalue weighted by molar-refractivity contribution is 5.85. The molecule has 3 N–H and O–H groups in total. The number of nitrogens with two attached hydrogens (primary N) is 1. The van der Waals surface area contributed by atoms with E-state index >= 15 is 0 Å². The van der Waals surface area contributed by atoms with E-state index in [4.69, 9.17) is 5.73 Å². The first-order valence-electron chi connectivity index (χ1n) is 7.61. The number of anilines is 1. The lowest BCUT2D eigenvalue weighted by atomic mass is 9.87. The Morgan fingerprint density at radius 2 is 1.91 bits per heavy atom. The number of nitrogens with one attached hydrogen (secondary N) is 1. The zero-order chi connectivity index (χ0) is 15.5. The third kappa shape index (κ3) is 6.16. The van der Waals surface area contributed by atoms with Crippen LogP contribution in [0.3, 0.4) is 0 Å². The summed E-state index contributed by atoms with van der Waals surface area (Å²) in [5, 5.41) is 2.88.